The Hall–Kier alpha value is -1.55. The fourth-order valence-electron chi connectivity index (χ4n) is 0.886. The van der Waals surface area contributed by atoms with Crippen LogP contribution in [0.3, 0.4) is 0 Å². The minimum absolute atomic E-state index is 0.249. The molecule has 0 saturated carbocycles. The lowest BCUT2D eigenvalue weighted by Gasteiger charge is -2.09. The highest BCUT2D eigenvalue weighted by molar-refractivity contribution is 7.87. The first-order chi connectivity index (χ1) is 8.58. The highest BCUT2D eigenvalue weighted by Gasteiger charge is 2.48. The molecule has 1 heterocycles. The van der Waals surface area contributed by atoms with Gasteiger partial charge in [-0.25, -0.2) is 4.79 Å². The fourth-order valence-corrected chi connectivity index (χ4v) is 1.52. The molecule has 0 N–H and O–H groups in total. The van der Waals surface area contributed by atoms with E-state index in [1.165, 1.54) is 0 Å². The maximum atomic E-state index is 12.0. The monoisotopic (exact) mass is 319 g/mol. The largest absolute Gasteiger partial charge is 0.534 e. The molecule has 0 saturated heterocycles. The van der Waals surface area contributed by atoms with Crippen molar-refractivity contribution in [1.29, 1.82) is 0 Å². The van der Waals surface area contributed by atoms with E-state index in [-0.39, 0.29) is 5.56 Å². The topological polar surface area (TPSA) is 82.6 Å². The van der Waals surface area contributed by atoms with Gasteiger partial charge in [-0.05, 0) is 6.07 Å². The average molecular weight is 320 g/mol. The number of esters is 1. The van der Waals surface area contributed by atoms with E-state index in [4.69, 9.17) is 11.6 Å². The second kappa shape index (κ2) is 5.21. The summed E-state index contributed by atoms with van der Waals surface area (Å²) in [5.74, 6) is -1.81. The van der Waals surface area contributed by atoms with Crippen LogP contribution < -0.4 is 4.18 Å². The van der Waals surface area contributed by atoms with Gasteiger partial charge in [0.1, 0.15) is 5.15 Å². The van der Waals surface area contributed by atoms with Crippen molar-refractivity contribution in [2.24, 2.45) is 0 Å². The van der Waals surface area contributed by atoms with E-state index in [1.54, 1.807) is 0 Å². The molecule has 0 unspecified atom stereocenters. The van der Waals surface area contributed by atoms with Gasteiger partial charge >= 0.3 is 21.6 Å². The van der Waals surface area contributed by atoms with Gasteiger partial charge < -0.3 is 8.92 Å². The first kappa shape index (κ1) is 15.5. The molecule has 0 radical (unpaired) electrons. The van der Waals surface area contributed by atoms with Crippen LogP contribution in [0.2, 0.25) is 5.15 Å². The SMILES string of the molecule is COC(=O)c1ccc(OS(=O)(=O)C(F)(F)F)nc1Cl. The molecule has 1 aromatic heterocycles. The van der Waals surface area contributed by atoms with Crippen molar-refractivity contribution < 1.29 is 35.3 Å². The normalized spacial score (nSPS) is 12.1. The van der Waals surface area contributed by atoms with E-state index in [9.17, 15) is 26.4 Å². The maximum absolute atomic E-state index is 12.0. The fraction of sp³-hybridized carbons (Fsp3) is 0.250. The Bertz CT molecular complexity index is 601. The summed E-state index contributed by atoms with van der Waals surface area (Å²) in [6, 6.07) is 1.66. The van der Waals surface area contributed by atoms with Crippen molar-refractivity contribution in [2.75, 3.05) is 7.11 Å². The van der Waals surface area contributed by atoms with Gasteiger partial charge in [0.05, 0.1) is 12.7 Å². The van der Waals surface area contributed by atoms with Crippen molar-refractivity contribution in [3.05, 3.63) is 22.8 Å². The number of rotatable bonds is 3. The second-order valence-corrected chi connectivity index (χ2v) is 4.86. The molecule has 0 aliphatic heterocycles. The summed E-state index contributed by atoms with van der Waals surface area (Å²) in [6.45, 7) is 0. The minimum Gasteiger partial charge on any atom is -0.465 e. The number of alkyl halides is 3. The molecule has 0 aliphatic carbocycles. The molecule has 0 spiro atoms. The third-order valence-corrected chi connectivity index (χ3v) is 2.95. The molecule has 1 aromatic rings. The van der Waals surface area contributed by atoms with Gasteiger partial charge in [0.25, 0.3) is 0 Å². The Morgan fingerprint density at radius 3 is 2.37 bits per heavy atom. The number of carbonyl (C=O) groups excluding carboxylic acids is 1. The molecule has 106 valence electrons. The zero-order valence-corrected chi connectivity index (χ0v) is 10.6. The number of carbonyl (C=O) groups is 1. The number of hydrogen-bond donors (Lipinski definition) is 0. The molecule has 6 nitrogen and oxygen atoms in total. The summed E-state index contributed by atoms with van der Waals surface area (Å²) in [4.78, 5) is 14.3. The summed E-state index contributed by atoms with van der Waals surface area (Å²) in [5.41, 5.74) is -5.84. The molecular weight excluding hydrogens is 315 g/mol. The van der Waals surface area contributed by atoms with Gasteiger partial charge in [-0.15, -0.1) is 0 Å². The van der Waals surface area contributed by atoms with Crippen LogP contribution in [-0.4, -0.2) is 32.0 Å². The molecule has 0 atom stereocenters. The molecular formula is C8H5ClF3NO5S. The summed E-state index contributed by atoms with van der Waals surface area (Å²) in [7, 11) is -4.79. The van der Waals surface area contributed by atoms with E-state index in [1.807, 2.05) is 0 Å². The predicted molar refractivity (Wildman–Crippen MR) is 56.2 cm³/mol. The number of halogens is 4. The Kier molecular flexibility index (Phi) is 4.25. The van der Waals surface area contributed by atoms with Gasteiger partial charge in [0.15, 0.2) is 0 Å². The molecule has 0 aliphatic rings. The Balaban J connectivity index is 3.07. The van der Waals surface area contributed by atoms with Crippen molar-refractivity contribution in [1.82, 2.24) is 4.98 Å². The van der Waals surface area contributed by atoms with Crippen molar-refractivity contribution >= 4 is 27.7 Å². The van der Waals surface area contributed by atoms with Gasteiger partial charge in [-0.1, -0.05) is 11.6 Å². The number of pyridine rings is 1. The minimum atomic E-state index is -5.84. The average Bonchev–Trinajstić information content (AvgIpc) is 2.26. The number of methoxy groups -OCH3 is 1. The van der Waals surface area contributed by atoms with E-state index in [0.717, 1.165) is 19.2 Å². The summed E-state index contributed by atoms with van der Waals surface area (Å²) < 4.78 is 65.5. The summed E-state index contributed by atoms with van der Waals surface area (Å²) in [5, 5.41) is -0.554. The third kappa shape index (κ3) is 3.47. The van der Waals surface area contributed by atoms with Crippen LogP contribution in [0.5, 0.6) is 5.88 Å². The lowest BCUT2D eigenvalue weighted by atomic mass is 10.3. The summed E-state index contributed by atoms with van der Waals surface area (Å²) >= 11 is 5.48. The second-order valence-electron chi connectivity index (χ2n) is 2.96. The van der Waals surface area contributed by atoms with Crippen LogP contribution in [0.15, 0.2) is 12.1 Å². The number of hydrogen-bond acceptors (Lipinski definition) is 6. The van der Waals surface area contributed by atoms with E-state index in [0.29, 0.717) is 0 Å². The van der Waals surface area contributed by atoms with E-state index in [2.05, 4.69) is 13.9 Å². The van der Waals surface area contributed by atoms with Gasteiger partial charge in [-0.3, -0.25) is 0 Å². The van der Waals surface area contributed by atoms with Crippen LogP contribution in [0, 0.1) is 0 Å². The lowest BCUT2D eigenvalue weighted by Crippen LogP contribution is -2.28. The lowest BCUT2D eigenvalue weighted by molar-refractivity contribution is -0.0501. The highest BCUT2D eigenvalue weighted by Crippen LogP contribution is 2.27. The summed E-state index contributed by atoms with van der Waals surface area (Å²) in [6.07, 6.45) is 0. The standard InChI is InChI=1S/C8H5ClF3NO5S/c1-17-7(14)4-2-3-5(13-6(4)9)18-19(15,16)8(10,11)12/h2-3H,1H3. The van der Waals surface area contributed by atoms with Gasteiger partial charge in [-0.2, -0.15) is 26.6 Å². The first-order valence-electron chi connectivity index (χ1n) is 4.34. The Labute approximate surface area is 110 Å². The Morgan fingerprint density at radius 2 is 1.95 bits per heavy atom. The van der Waals surface area contributed by atoms with Crippen molar-refractivity contribution in [2.45, 2.75) is 5.51 Å². The number of ether oxygens (including phenoxy) is 1. The Morgan fingerprint density at radius 1 is 1.37 bits per heavy atom. The highest BCUT2D eigenvalue weighted by atomic mass is 35.5. The molecule has 0 amide bonds. The van der Waals surface area contributed by atoms with Crippen LogP contribution >= 0.6 is 11.6 Å². The van der Waals surface area contributed by atoms with E-state index >= 15 is 0 Å². The first-order valence-corrected chi connectivity index (χ1v) is 6.12. The number of nitrogens with zero attached hydrogens (tertiary/aromatic N) is 1. The molecule has 0 bridgehead atoms. The smallest absolute Gasteiger partial charge is 0.465 e. The van der Waals surface area contributed by atoms with Crippen LogP contribution in [0.4, 0.5) is 13.2 Å². The molecule has 0 aromatic carbocycles. The molecule has 0 fully saturated rings. The zero-order chi connectivity index (χ0) is 14.8. The molecule has 1 rings (SSSR count). The van der Waals surface area contributed by atoms with Crippen LogP contribution in [0.1, 0.15) is 10.4 Å². The maximum Gasteiger partial charge on any atom is 0.534 e. The van der Waals surface area contributed by atoms with Crippen LogP contribution in [-0.2, 0) is 14.9 Å². The van der Waals surface area contributed by atoms with Gasteiger partial charge in [0, 0.05) is 6.07 Å². The molecule has 19 heavy (non-hydrogen) atoms. The van der Waals surface area contributed by atoms with Gasteiger partial charge in [0.2, 0.25) is 5.88 Å². The van der Waals surface area contributed by atoms with Crippen molar-refractivity contribution in [3.8, 4) is 5.88 Å². The van der Waals surface area contributed by atoms with E-state index < -0.39 is 32.6 Å². The predicted octanol–water partition coefficient (Wildman–Crippen LogP) is 1.75. The quantitative estimate of drug-likeness (QED) is 0.365. The third-order valence-electron chi connectivity index (χ3n) is 1.71. The molecule has 11 heteroatoms. The van der Waals surface area contributed by atoms with Crippen molar-refractivity contribution in [3.63, 3.8) is 0 Å². The van der Waals surface area contributed by atoms with Crippen LogP contribution in [0.25, 0.3) is 0 Å². The zero-order valence-electron chi connectivity index (χ0n) is 9.06. The number of aromatic nitrogens is 1.